The molecule has 1 N–H and O–H groups in total. The van der Waals surface area contributed by atoms with Gasteiger partial charge >= 0.3 is 0 Å². The summed E-state index contributed by atoms with van der Waals surface area (Å²) in [5, 5.41) is 14.0. The van der Waals surface area contributed by atoms with Crippen LogP contribution in [0.15, 0.2) is 46.8 Å². The van der Waals surface area contributed by atoms with Crippen molar-refractivity contribution in [2.24, 2.45) is 4.99 Å². The van der Waals surface area contributed by atoms with Gasteiger partial charge in [-0.2, -0.15) is 0 Å². The Bertz CT molecular complexity index is 638. The van der Waals surface area contributed by atoms with Gasteiger partial charge in [0.2, 0.25) is 0 Å². The predicted octanol–water partition coefficient (Wildman–Crippen LogP) is 2.34. The van der Waals surface area contributed by atoms with Gasteiger partial charge in [-0.05, 0) is 23.9 Å². The lowest BCUT2D eigenvalue weighted by Crippen LogP contribution is -2.19. The second-order valence-electron chi connectivity index (χ2n) is 3.82. The molecular weight excluding hydrogens is 278 g/mol. The summed E-state index contributed by atoms with van der Waals surface area (Å²) in [6, 6.07) is 6.26. The first kappa shape index (κ1) is 14.0. The molecule has 20 heavy (non-hydrogen) atoms. The number of nitrogens with zero attached hydrogens (tertiary/aromatic N) is 2. The Morgan fingerprint density at radius 3 is 2.90 bits per heavy atom. The van der Waals surface area contributed by atoms with E-state index in [1.807, 2.05) is 0 Å². The highest BCUT2D eigenvalue weighted by atomic mass is 32.2. The van der Waals surface area contributed by atoms with Crippen LogP contribution in [0.2, 0.25) is 0 Å². The monoisotopic (exact) mass is 289 g/mol. The van der Waals surface area contributed by atoms with Crippen molar-refractivity contribution in [2.75, 3.05) is 6.54 Å². The van der Waals surface area contributed by atoms with Crippen LogP contribution in [0.1, 0.15) is 5.56 Å². The Labute approximate surface area is 119 Å². The average Bonchev–Trinajstić information content (AvgIpc) is 2.77. The van der Waals surface area contributed by atoms with Crippen LogP contribution in [0.25, 0.3) is 6.08 Å². The summed E-state index contributed by atoms with van der Waals surface area (Å²) >= 11 is 1.15. The molecule has 7 heteroatoms. The van der Waals surface area contributed by atoms with Gasteiger partial charge in [-0.3, -0.25) is 19.9 Å². The summed E-state index contributed by atoms with van der Waals surface area (Å²) < 4.78 is 0. The van der Waals surface area contributed by atoms with Crippen LogP contribution in [0.5, 0.6) is 0 Å². The molecule has 1 aliphatic heterocycles. The maximum absolute atomic E-state index is 11.8. The summed E-state index contributed by atoms with van der Waals surface area (Å²) in [7, 11) is 0. The van der Waals surface area contributed by atoms with Gasteiger partial charge in [-0.25, -0.2) is 0 Å². The zero-order valence-corrected chi connectivity index (χ0v) is 11.2. The quantitative estimate of drug-likeness (QED) is 0.399. The molecule has 0 radical (unpaired) electrons. The Balaban J connectivity index is 2.30. The smallest absolute Gasteiger partial charge is 0.276 e. The fourth-order valence-electron chi connectivity index (χ4n) is 1.57. The molecule has 0 aliphatic carbocycles. The average molecular weight is 289 g/mol. The number of thioether (sulfide) groups is 1. The summed E-state index contributed by atoms with van der Waals surface area (Å²) in [4.78, 5) is 26.7. The molecule has 1 amide bonds. The number of amides is 1. The number of rotatable bonds is 4. The highest BCUT2D eigenvalue weighted by molar-refractivity contribution is 8.18. The van der Waals surface area contributed by atoms with Crippen LogP contribution >= 0.6 is 11.8 Å². The van der Waals surface area contributed by atoms with E-state index in [4.69, 9.17) is 0 Å². The third-order valence-electron chi connectivity index (χ3n) is 2.43. The Kier molecular flexibility index (Phi) is 4.31. The van der Waals surface area contributed by atoms with Crippen molar-refractivity contribution in [2.45, 2.75) is 0 Å². The van der Waals surface area contributed by atoms with E-state index in [2.05, 4.69) is 16.9 Å². The molecular formula is C13H11N3O3S. The van der Waals surface area contributed by atoms with Crippen molar-refractivity contribution >= 4 is 34.6 Å². The molecule has 0 aromatic heterocycles. The van der Waals surface area contributed by atoms with E-state index in [-0.39, 0.29) is 11.6 Å². The number of para-hydroxylation sites is 1. The minimum absolute atomic E-state index is 0.0371. The molecule has 0 saturated carbocycles. The lowest BCUT2D eigenvalue weighted by Gasteiger charge is -1.97. The fourth-order valence-corrected chi connectivity index (χ4v) is 2.39. The molecule has 0 unspecified atom stereocenters. The highest BCUT2D eigenvalue weighted by Crippen LogP contribution is 2.28. The molecule has 1 saturated heterocycles. The van der Waals surface area contributed by atoms with Gasteiger partial charge in [0.25, 0.3) is 11.6 Å². The number of amidine groups is 1. The number of benzene rings is 1. The lowest BCUT2D eigenvalue weighted by molar-refractivity contribution is -0.385. The van der Waals surface area contributed by atoms with Crippen molar-refractivity contribution in [3.8, 4) is 0 Å². The second-order valence-corrected chi connectivity index (χ2v) is 4.85. The number of carbonyl (C=O) groups is 1. The molecule has 1 aromatic carbocycles. The minimum atomic E-state index is -0.476. The molecule has 0 spiro atoms. The van der Waals surface area contributed by atoms with Crippen molar-refractivity contribution < 1.29 is 9.72 Å². The van der Waals surface area contributed by atoms with Crippen LogP contribution in [0.3, 0.4) is 0 Å². The van der Waals surface area contributed by atoms with Crippen LogP contribution in [0, 0.1) is 10.1 Å². The molecule has 1 aromatic rings. The van der Waals surface area contributed by atoms with Crippen molar-refractivity contribution in [3.63, 3.8) is 0 Å². The second kappa shape index (κ2) is 6.16. The molecule has 0 atom stereocenters. The summed E-state index contributed by atoms with van der Waals surface area (Å²) in [5.74, 6) is -0.309. The van der Waals surface area contributed by atoms with Crippen LogP contribution < -0.4 is 5.32 Å². The maximum Gasteiger partial charge on any atom is 0.276 e. The first-order valence-electron chi connectivity index (χ1n) is 5.71. The number of hydrogen-bond donors (Lipinski definition) is 1. The molecule has 1 fully saturated rings. The summed E-state index contributed by atoms with van der Waals surface area (Å²) in [5.41, 5.74) is 0.352. The number of carbonyl (C=O) groups excluding carboxylic acids is 1. The normalized spacial score (nSPS) is 18.3. The van der Waals surface area contributed by atoms with Gasteiger partial charge in [-0.15, -0.1) is 6.58 Å². The zero-order chi connectivity index (χ0) is 14.5. The molecule has 102 valence electrons. The van der Waals surface area contributed by atoms with E-state index in [1.54, 1.807) is 24.3 Å². The Morgan fingerprint density at radius 2 is 2.20 bits per heavy atom. The number of nitro benzene ring substituents is 1. The summed E-state index contributed by atoms with van der Waals surface area (Å²) in [6.45, 7) is 3.94. The van der Waals surface area contributed by atoms with E-state index in [0.29, 0.717) is 22.2 Å². The van der Waals surface area contributed by atoms with Crippen LogP contribution in [0.4, 0.5) is 5.69 Å². The number of aliphatic imine (C=N–C) groups is 1. The molecule has 1 aliphatic rings. The molecule has 1 heterocycles. The molecule has 6 nitrogen and oxygen atoms in total. The topological polar surface area (TPSA) is 84.6 Å². The highest BCUT2D eigenvalue weighted by Gasteiger charge is 2.24. The maximum atomic E-state index is 11.8. The third-order valence-corrected chi connectivity index (χ3v) is 3.38. The van der Waals surface area contributed by atoms with Crippen molar-refractivity contribution in [1.29, 1.82) is 0 Å². The van der Waals surface area contributed by atoms with Gasteiger partial charge in [0, 0.05) is 6.07 Å². The first-order valence-corrected chi connectivity index (χ1v) is 6.53. The van der Waals surface area contributed by atoms with E-state index < -0.39 is 4.92 Å². The number of hydrogen-bond acceptors (Lipinski definition) is 5. The Hall–Kier alpha value is -2.41. The fraction of sp³-hybridized carbons (Fsp3) is 0.0769. The zero-order valence-electron chi connectivity index (χ0n) is 10.4. The van der Waals surface area contributed by atoms with Crippen LogP contribution in [-0.4, -0.2) is 22.5 Å². The van der Waals surface area contributed by atoms with Gasteiger partial charge < -0.3 is 5.32 Å². The molecule has 0 bridgehead atoms. The van der Waals surface area contributed by atoms with E-state index >= 15 is 0 Å². The lowest BCUT2D eigenvalue weighted by atomic mass is 10.1. The van der Waals surface area contributed by atoms with Crippen molar-refractivity contribution in [1.82, 2.24) is 5.32 Å². The predicted molar refractivity (Wildman–Crippen MR) is 79.3 cm³/mol. The standard InChI is InChI=1S/C13H11N3O3S/c1-2-7-14-13-15-12(17)11(20-13)8-9-5-3-4-6-10(9)16(18)19/h2-6,8H,1,7H2,(H,14,15,17)/b11-8-. The number of nitro groups is 1. The van der Waals surface area contributed by atoms with Crippen LogP contribution in [-0.2, 0) is 4.79 Å². The van der Waals surface area contributed by atoms with E-state index in [1.165, 1.54) is 12.1 Å². The van der Waals surface area contributed by atoms with E-state index in [0.717, 1.165) is 11.8 Å². The summed E-state index contributed by atoms with van der Waals surface area (Å²) in [6.07, 6.45) is 3.11. The van der Waals surface area contributed by atoms with Gasteiger partial charge in [0.1, 0.15) is 0 Å². The van der Waals surface area contributed by atoms with Gasteiger partial charge in [-0.1, -0.05) is 18.2 Å². The van der Waals surface area contributed by atoms with E-state index in [9.17, 15) is 14.9 Å². The Morgan fingerprint density at radius 1 is 1.45 bits per heavy atom. The number of nitrogens with one attached hydrogen (secondary N) is 1. The largest absolute Gasteiger partial charge is 0.301 e. The van der Waals surface area contributed by atoms with Gasteiger partial charge in [0.15, 0.2) is 5.17 Å². The van der Waals surface area contributed by atoms with Gasteiger partial charge in [0.05, 0.1) is 21.9 Å². The first-order chi connectivity index (χ1) is 9.61. The minimum Gasteiger partial charge on any atom is -0.301 e. The molecule has 2 rings (SSSR count). The van der Waals surface area contributed by atoms with Crippen molar-refractivity contribution in [3.05, 3.63) is 57.5 Å². The third kappa shape index (κ3) is 3.12. The SMILES string of the molecule is C=CCN=C1NC(=O)/C(=C/c2ccccc2[N+](=O)[O-])S1.